The first-order valence-corrected chi connectivity index (χ1v) is 4.62. The summed E-state index contributed by atoms with van der Waals surface area (Å²) in [6.45, 7) is 3.92. The van der Waals surface area contributed by atoms with E-state index in [-0.39, 0.29) is 19.2 Å². The molecule has 0 amide bonds. The normalized spacial score (nSPS) is 21.5. The monoisotopic (exact) mass is 206 g/mol. The summed E-state index contributed by atoms with van der Waals surface area (Å²) in [6.07, 6.45) is 3.48. The summed E-state index contributed by atoms with van der Waals surface area (Å²) >= 11 is 0. The van der Waals surface area contributed by atoms with Gasteiger partial charge in [0, 0.05) is 12.0 Å². The van der Waals surface area contributed by atoms with E-state index in [1.54, 1.807) is 12.2 Å². The van der Waals surface area contributed by atoms with Gasteiger partial charge in [-0.3, -0.25) is 0 Å². The molecule has 0 aromatic heterocycles. The molecule has 2 heterocycles. The second-order valence-corrected chi connectivity index (χ2v) is 3.32. The molecule has 0 atom stereocenters. The van der Waals surface area contributed by atoms with Gasteiger partial charge in [0.05, 0.1) is 5.57 Å². The maximum atomic E-state index is 11.5. The molecule has 2 aliphatic heterocycles. The summed E-state index contributed by atoms with van der Waals surface area (Å²) in [5.41, 5.74) is 1.56. The number of hydrogen-bond donors (Lipinski definition) is 0. The summed E-state index contributed by atoms with van der Waals surface area (Å²) in [6, 6.07) is 0. The highest BCUT2D eigenvalue weighted by atomic mass is 16.6. The first-order valence-electron chi connectivity index (χ1n) is 4.62. The minimum absolute atomic E-state index is 0.0858. The van der Waals surface area contributed by atoms with Crippen LogP contribution in [-0.4, -0.2) is 25.2 Å². The highest BCUT2D eigenvalue weighted by molar-refractivity contribution is 5.98. The van der Waals surface area contributed by atoms with E-state index in [0.717, 1.165) is 0 Å². The van der Waals surface area contributed by atoms with Crippen LogP contribution in [0.5, 0.6) is 0 Å². The van der Waals surface area contributed by atoms with Gasteiger partial charge in [-0.25, -0.2) is 9.59 Å². The van der Waals surface area contributed by atoms with E-state index in [1.165, 1.54) is 0 Å². The Kier molecular flexibility index (Phi) is 2.41. The predicted molar refractivity (Wildman–Crippen MR) is 51.8 cm³/mol. The van der Waals surface area contributed by atoms with Crippen molar-refractivity contribution in [1.82, 2.24) is 0 Å². The average molecular weight is 206 g/mol. The maximum absolute atomic E-state index is 11.5. The molecule has 0 N–H and O–H groups in total. The van der Waals surface area contributed by atoms with E-state index >= 15 is 0 Å². The van der Waals surface area contributed by atoms with Crippen molar-refractivity contribution in [2.24, 2.45) is 0 Å². The number of ether oxygens (including phenoxy) is 2. The molecule has 0 aromatic carbocycles. The molecule has 0 unspecified atom stereocenters. The lowest BCUT2D eigenvalue weighted by Crippen LogP contribution is -2.21. The molecule has 78 valence electrons. The molecule has 0 spiro atoms. The molecule has 0 aromatic rings. The van der Waals surface area contributed by atoms with Gasteiger partial charge in [-0.2, -0.15) is 0 Å². The van der Waals surface area contributed by atoms with E-state index in [0.29, 0.717) is 23.1 Å². The molecule has 2 bridgehead atoms. The Balaban J connectivity index is 2.37. The highest BCUT2D eigenvalue weighted by Gasteiger charge is 2.23. The Morgan fingerprint density at radius 1 is 1.07 bits per heavy atom. The number of rotatable bonds is 0. The average Bonchev–Trinajstić information content (AvgIpc) is 2.23. The first-order chi connectivity index (χ1) is 7.18. The van der Waals surface area contributed by atoms with Crippen molar-refractivity contribution in [3.8, 4) is 0 Å². The van der Waals surface area contributed by atoms with E-state index in [4.69, 9.17) is 9.47 Å². The van der Waals surface area contributed by atoms with Crippen LogP contribution in [-0.2, 0) is 19.1 Å². The van der Waals surface area contributed by atoms with Gasteiger partial charge in [0.2, 0.25) is 0 Å². The first kappa shape index (κ1) is 9.71. The van der Waals surface area contributed by atoms with Crippen LogP contribution in [0.15, 0.2) is 35.5 Å². The summed E-state index contributed by atoms with van der Waals surface area (Å²) in [7, 11) is 0. The number of fused-ring (bicyclic) bond motifs is 7. The number of hydrogen-bond acceptors (Lipinski definition) is 4. The van der Waals surface area contributed by atoms with E-state index in [9.17, 15) is 9.59 Å². The van der Waals surface area contributed by atoms with Gasteiger partial charge >= 0.3 is 11.9 Å². The molecule has 15 heavy (non-hydrogen) atoms. The SMILES string of the molecule is C=C1CC2=CC=C1C(=O)OCCOC2=O. The van der Waals surface area contributed by atoms with Gasteiger partial charge in [-0.05, 0) is 11.6 Å². The van der Waals surface area contributed by atoms with Crippen LogP contribution in [0, 0.1) is 0 Å². The number of carbonyl (C=O) groups is 2. The zero-order chi connectivity index (χ0) is 10.8. The molecule has 1 fully saturated rings. The fourth-order valence-corrected chi connectivity index (χ4v) is 1.48. The van der Waals surface area contributed by atoms with E-state index < -0.39 is 5.97 Å². The predicted octanol–water partition coefficient (Wildman–Crippen LogP) is 0.899. The van der Waals surface area contributed by atoms with Crippen LogP contribution in [0.2, 0.25) is 0 Å². The Morgan fingerprint density at radius 2 is 1.73 bits per heavy atom. The Bertz CT molecular complexity index is 401. The van der Waals surface area contributed by atoms with Gasteiger partial charge < -0.3 is 9.47 Å². The van der Waals surface area contributed by atoms with E-state index in [1.807, 2.05) is 0 Å². The van der Waals surface area contributed by atoms with Crippen LogP contribution in [0.3, 0.4) is 0 Å². The number of allylic oxidation sites excluding steroid dienone is 2. The zero-order valence-corrected chi connectivity index (χ0v) is 8.12. The third-order valence-corrected chi connectivity index (χ3v) is 2.27. The number of esters is 2. The molecule has 0 saturated carbocycles. The van der Waals surface area contributed by atoms with E-state index in [2.05, 4.69) is 6.58 Å². The van der Waals surface area contributed by atoms with Crippen LogP contribution >= 0.6 is 0 Å². The smallest absolute Gasteiger partial charge is 0.338 e. The van der Waals surface area contributed by atoms with Crippen molar-refractivity contribution in [3.05, 3.63) is 35.5 Å². The van der Waals surface area contributed by atoms with Crippen LogP contribution < -0.4 is 0 Å². The van der Waals surface area contributed by atoms with Crippen LogP contribution in [0.4, 0.5) is 0 Å². The molecule has 1 saturated heterocycles. The minimum Gasteiger partial charge on any atom is -0.459 e. The number of carbonyl (C=O) groups excluding carboxylic acids is 2. The highest BCUT2D eigenvalue weighted by Crippen LogP contribution is 2.25. The fraction of sp³-hybridized carbons (Fsp3) is 0.273. The Morgan fingerprint density at radius 3 is 2.40 bits per heavy atom. The molecule has 4 heteroatoms. The Hall–Kier alpha value is -1.84. The standard InChI is InChI=1S/C11H10O4/c1-7-6-8-2-3-9(7)11(13)15-5-4-14-10(8)12/h2-3H,1,4-6H2. The van der Waals surface area contributed by atoms with Gasteiger partial charge in [0.25, 0.3) is 0 Å². The van der Waals surface area contributed by atoms with Crippen molar-refractivity contribution in [2.75, 3.05) is 13.2 Å². The maximum Gasteiger partial charge on any atom is 0.338 e. The summed E-state index contributed by atoms with van der Waals surface area (Å²) < 4.78 is 9.78. The topological polar surface area (TPSA) is 52.6 Å². The Labute approximate surface area is 86.9 Å². The fourth-order valence-electron chi connectivity index (χ4n) is 1.48. The van der Waals surface area contributed by atoms with Crippen molar-refractivity contribution >= 4 is 11.9 Å². The second kappa shape index (κ2) is 3.73. The lowest BCUT2D eigenvalue weighted by molar-refractivity contribution is -0.147. The quantitative estimate of drug-likeness (QED) is 0.552. The molecule has 4 nitrogen and oxygen atoms in total. The van der Waals surface area contributed by atoms with Crippen molar-refractivity contribution in [2.45, 2.75) is 6.42 Å². The largest absolute Gasteiger partial charge is 0.459 e. The lowest BCUT2D eigenvalue weighted by atomic mass is 9.94. The summed E-state index contributed by atoms with van der Waals surface area (Å²) in [5.74, 6) is -0.780. The molecule has 0 radical (unpaired) electrons. The molecule has 3 aliphatic rings. The third-order valence-electron chi connectivity index (χ3n) is 2.27. The lowest BCUT2D eigenvalue weighted by Gasteiger charge is -2.18. The van der Waals surface area contributed by atoms with Gasteiger partial charge in [-0.1, -0.05) is 12.7 Å². The van der Waals surface area contributed by atoms with Crippen molar-refractivity contribution < 1.29 is 19.1 Å². The summed E-state index contributed by atoms with van der Waals surface area (Å²) in [5, 5.41) is 0. The van der Waals surface area contributed by atoms with Crippen LogP contribution in [0.25, 0.3) is 0 Å². The van der Waals surface area contributed by atoms with Crippen molar-refractivity contribution in [1.29, 1.82) is 0 Å². The van der Waals surface area contributed by atoms with Crippen LogP contribution in [0.1, 0.15) is 6.42 Å². The molecular formula is C11H10O4. The second-order valence-electron chi connectivity index (χ2n) is 3.32. The van der Waals surface area contributed by atoms with Gasteiger partial charge in [0.15, 0.2) is 0 Å². The summed E-state index contributed by atoms with van der Waals surface area (Å²) in [4.78, 5) is 22.9. The minimum atomic E-state index is -0.409. The zero-order valence-electron chi connectivity index (χ0n) is 8.12. The molecule has 1 aliphatic carbocycles. The molecular weight excluding hydrogens is 196 g/mol. The van der Waals surface area contributed by atoms with Crippen molar-refractivity contribution in [3.63, 3.8) is 0 Å². The molecule has 3 rings (SSSR count). The third kappa shape index (κ3) is 1.83. The van der Waals surface area contributed by atoms with Gasteiger partial charge in [0.1, 0.15) is 13.2 Å². The van der Waals surface area contributed by atoms with Gasteiger partial charge in [-0.15, -0.1) is 0 Å².